The van der Waals surface area contributed by atoms with Crippen LogP contribution in [0.25, 0.3) is 0 Å². The first-order valence-corrected chi connectivity index (χ1v) is 4.46. The van der Waals surface area contributed by atoms with Gasteiger partial charge in [-0.15, -0.1) is 0 Å². The smallest absolute Gasteiger partial charge is 0.319 e. The summed E-state index contributed by atoms with van der Waals surface area (Å²) in [5.74, 6) is -1.17. The van der Waals surface area contributed by atoms with Crippen molar-refractivity contribution >= 4 is 0 Å². The molecule has 0 aliphatic rings. The largest absolute Gasteiger partial charge is 0.419 e. The molecule has 84 valence electrons. The molecule has 0 spiro atoms. The first-order valence-electron chi connectivity index (χ1n) is 4.46. The van der Waals surface area contributed by atoms with Gasteiger partial charge in [-0.2, -0.15) is 13.2 Å². The first-order chi connectivity index (χ1) is 6.96. The number of rotatable bonds is 3. The van der Waals surface area contributed by atoms with Crippen LogP contribution in [0.3, 0.4) is 0 Å². The average Bonchev–Trinajstić information content (AvgIpc) is 2.14. The van der Waals surface area contributed by atoms with E-state index in [0.29, 0.717) is 6.54 Å². The van der Waals surface area contributed by atoms with Gasteiger partial charge in [0, 0.05) is 0 Å². The molecule has 5 heteroatoms. The Kier molecular flexibility index (Phi) is 3.68. The van der Waals surface area contributed by atoms with Crippen LogP contribution >= 0.6 is 0 Å². The van der Waals surface area contributed by atoms with E-state index >= 15 is 0 Å². The molecule has 1 aromatic carbocycles. The van der Waals surface area contributed by atoms with Crippen molar-refractivity contribution in [1.82, 2.24) is 5.32 Å². The van der Waals surface area contributed by atoms with Gasteiger partial charge in [0.1, 0.15) is 5.82 Å². The Labute approximate surface area is 85.1 Å². The van der Waals surface area contributed by atoms with Crippen molar-refractivity contribution in [2.24, 2.45) is 0 Å². The molecule has 0 radical (unpaired) electrons. The summed E-state index contributed by atoms with van der Waals surface area (Å²) >= 11 is 0. The molecule has 0 heterocycles. The van der Waals surface area contributed by atoms with Crippen LogP contribution in [0.1, 0.15) is 11.1 Å². The van der Waals surface area contributed by atoms with Crippen molar-refractivity contribution in [3.8, 4) is 0 Å². The van der Waals surface area contributed by atoms with Gasteiger partial charge in [-0.25, -0.2) is 4.39 Å². The molecule has 1 rings (SSSR count). The number of alkyl halides is 3. The lowest BCUT2D eigenvalue weighted by atomic mass is 10.1. The highest BCUT2D eigenvalue weighted by Crippen LogP contribution is 2.32. The lowest BCUT2D eigenvalue weighted by molar-refractivity contribution is -0.140. The second-order valence-electron chi connectivity index (χ2n) is 3.13. The lowest BCUT2D eigenvalue weighted by Gasteiger charge is -2.10. The molecule has 0 fully saturated rings. The highest BCUT2D eigenvalue weighted by Gasteiger charge is 2.34. The molecule has 0 aromatic heterocycles. The number of hydrogen-bond donors (Lipinski definition) is 1. The molecule has 1 aromatic rings. The van der Waals surface area contributed by atoms with E-state index in [1.165, 1.54) is 12.1 Å². The Bertz CT molecular complexity index is 333. The van der Waals surface area contributed by atoms with Gasteiger partial charge in [-0.1, -0.05) is 12.1 Å². The molecule has 0 aliphatic carbocycles. The van der Waals surface area contributed by atoms with Crippen LogP contribution in [0.15, 0.2) is 18.2 Å². The average molecular weight is 221 g/mol. The van der Waals surface area contributed by atoms with Crippen molar-refractivity contribution in [2.45, 2.75) is 12.6 Å². The van der Waals surface area contributed by atoms with Gasteiger partial charge in [0.15, 0.2) is 0 Å². The zero-order valence-corrected chi connectivity index (χ0v) is 8.16. The standard InChI is InChI=1S/C10H11F4N/c1-15-6-5-7-3-2-4-8(9(7)11)10(12,13)14/h2-4,15H,5-6H2,1H3. The van der Waals surface area contributed by atoms with Gasteiger partial charge in [-0.3, -0.25) is 0 Å². The fourth-order valence-corrected chi connectivity index (χ4v) is 1.25. The summed E-state index contributed by atoms with van der Waals surface area (Å²) < 4.78 is 50.2. The predicted molar refractivity (Wildman–Crippen MR) is 49.0 cm³/mol. The van der Waals surface area contributed by atoms with Gasteiger partial charge in [0.05, 0.1) is 5.56 Å². The van der Waals surface area contributed by atoms with Crippen molar-refractivity contribution < 1.29 is 17.6 Å². The maximum Gasteiger partial charge on any atom is 0.419 e. The summed E-state index contributed by atoms with van der Waals surface area (Å²) in [4.78, 5) is 0. The number of benzene rings is 1. The van der Waals surface area contributed by atoms with E-state index in [0.717, 1.165) is 6.07 Å². The highest BCUT2D eigenvalue weighted by molar-refractivity contribution is 5.28. The zero-order chi connectivity index (χ0) is 11.5. The Morgan fingerprint density at radius 3 is 2.47 bits per heavy atom. The molecule has 0 saturated heterocycles. The van der Waals surface area contributed by atoms with Crippen LogP contribution in [0, 0.1) is 5.82 Å². The quantitative estimate of drug-likeness (QED) is 0.773. The van der Waals surface area contributed by atoms with E-state index in [1.54, 1.807) is 7.05 Å². The van der Waals surface area contributed by atoms with Gasteiger partial charge in [0.25, 0.3) is 0 Å². The predicted octanol–water partition coefficient (Wildman–Crippen LogP) is 2.61. The molecular formula is C10H11F4N. The van der Waals surface area contributed by atoms with Crippen molar-refractivity contribution in [2.75, 3.05) is 13.6 Å². The van der Waals surface area contributed by atoms with Crippen LogP contribution in [-0.2, 0) is 12.6 Å². The minimum absolute atomic E-state index is 0.0826. The van der Waals surface area contributed by atoms with Gasteiger partial charge >= 0.3 is 6.18 Å². The maximum atomic E-state index is 13.3. The van der Waals surface area contributed by atoms with E-state index in [9.17, 15) is 17.6 Å². The molecule has 0 saturated carbocycles. The summed E-state index contributed by atoms with van der Waals surface area (Å²) in [5, 5.41) is 2.75. The number of halogens is 4. The molecular weight excluding hydrogens is 210 g/mol. The van der Waals surface area contributed by atoms with Crippen LogP contribution < -0.4 is 5.32 Å². The molecule has 1 N–H and O–H groups in total. The van der Waals surface area contributed by atoms with Crippen LogP contribution in [0.4, 0.5) is 17.6 Å². The Hall–Kier alpha value is -1.10. The maximum absolute atomic E-state index is 13.3. The Balaban J connectivity index is 3.01. The zero-order valence-electron chi connectivity index (χ0n) is 8.16. The van der Waals surface area contributed by atoms with Gasteiger partial charge in [-0.05, 0) is 31.6 Å². The second-order valence-corrected chi connectivity index (χ2v) is 3.13. The summed E-state index contributed by atoms with van der Waals surface area (Å²) in [6.07, 6.45) is -4.38. The van der Waals surface area contributed by atoms with Crippen LogP contribution in [-0.4, -0.2) is 13.6 Å². The molecule has 1 nitrogen and oxygen atoms in total. The monoisotopic (exact) mass is 221 g/mol. The fourth-order valence-electron chi connectivity index (χ4n) is 1.25. The molecule has 0 bridgehead atoms. The Morgan fingerprint density at radius 2 is 1.93 bits per heavy atom. The van der Waals surface area contributed by atoms with Crippen molar-refractivity contribution in [1.29, 1.82) is 0 Å². The van der Waals surface area contributed by atoms with Gasteiger partial charge < -0.3 is 5.32 Å². The summed E-state index contributed by atoms with van der Waals surface area (Å²) in [7, 11) is 1.66. The van der Waals surface area contributed by atoms with Crippen molar-refractivity contribution in [3.05, 3.63) is 35.1 Å². The molecule has 15 heavy (non-hydrogen) atoms. The van der Waals surface area contributed by atoms with Crippen molar-refractivity contribution in [3.63, 3.8) is 0 Å². The van der Waals surface area contributed by atoms with Crippen LogP contribution in [0.5, 0.6) is 0 Å². The third-order valence-electron chi connectivity index (χ3n) is 2.03. The summed E-state index contributed by atoms with van der Waals surface area (Å²) in [6, 6.07) is 3.33. The SMILES string of the molecule is CNCCc1cccc(C(F)(F)F)c1F. The number of likely N-dealkylation sites (N-methyl/N-ethyl adjacent to an activating group) is 1. The molecule has 0 aliphatic heterocycles. The minimum Gasteiger partial charge on any atom is -0.319 e. The van der Waals surface area contributed by atoms with E-state index in [1.807, 2.05) is 0 Å². The van der Waals surface area contributed by atoms with Crippen LogP contribution in [0.2, 0.25) is 0 Å². The fraction of sp³-hybridized carbons (Fsp3) is 0.400. The second kappa shape index (κ2) is 4.61. The number of nitrogens with one attached hydrogen (secondary N) is 1. The number of hydrogen-bond acceptors (Lipinski definition) is 1. The highest BCUT2D eigenvalue weighted by atomic mass is 19.4. The van der Waals surface area contributed by atoms with Gasteiger partial charge in [0.2, 0.25) is 0 Å². The first kappa shape index (κ1) is 12.0. The summed E-state index contributed by atoms with van der Waals surface area (Å²) in [5.41, 5.74) is -1.12. The van der Waals surface area contributed by atoms with E-state index in [4.69, 9.17) is 0 Å². The lowest BCUT2D eigenvalue weighted by Crippen LogP contribution is -2.14. The molecule has 0 unspecified atom stereocenters. The van der Waals surface area contributed by atoms with E-state index in [2.05, 4.69) is 5.32 Å². The minimum atomic E-state index is -4.63. The molecule has 0 amide bonds. The Morgan fingerprint density at radius 1 is 1.27 bits per heavy atom. The third kappa shape index (κ3) is 2.92. The summed E-state index contributed by atoms with van der Waals surface area (Å²) in [6.45, 7) is 0.443. The normalized spacial score (nSPS) is 11.8. The van der Waals surface area contributed by atoms with E-state index in [-0.39, 0.29) is 12.0 Å². The topological polar surface area (TPSA) is 12.0 Å². The third-order valence-corrected chi connectivity index (χ3v) is 2.03. The molecule has 0 atom stereocenters. The van der Waals surface area contributed by atoms with E-state index < -0.39 is 17.6 Å².